The maximum atomic E-state index is 12.8. The Hall–Kier alpha value is -2.86. The average Bonchev–Trinajstić information content (AvgIpc) is 3.04. The fourth-order valence-corrected chi connectivity index (χ4v) is 3.41. The van der Waals surface area contributed by atoms with Crippen LogP contribution in [0.15, 0.2) is 53.3 Å². The molecule has 0 saturated heterocycles. The van der Waals surface area contributed by atoms with Gasteiger partial charge in [0.05, 0.1) is 17.1 Å². The summed E-state index contributed by atoms with van der Waals surface area (Å²) in [5.41, 5.74) is 2.95. The van der Waals surface area contributed by atoms with Crippen molar-refractivity contribution in [3.8, 4) is 0 Å². The predicted octanol–water partition coefficient (Wildman–Crippen LogP) is 3.53. The van der Waals surface area contributed by atoms with Crippen LogP contribution in [0.2, 0.25) is 0 Å². The second-order valence-electron chi connectivity index (χ2n) is 6.98. The number of hydrogen-bond acceptors (Lipinski definition) is 3. The van der Waals surface area contributed by atoms with Crippen molar-refractivity contribution >= 4 is 17.1 Å². The van der Waals surface area contributed by atoms with Gasteiger partial charge in [0.25, 0.3) is 0 Å². The number of rotatable bonds is 7. The van der Waals surface area contributed by atoms with Crippen LogP contribution in [-0.2, 0) is 6.42 Å². The zero-order chi connectivity index (χ0) is 20.1. The molecule has 0 fully saturated rings. The van der Waals surface area contributed by atoms with Crippen LogP contribution in [0.4, 0.5) is 4.79 Å². The number of hydrogen-bond donors (Lipinski definition) is 2. The Bertz CT molecular complexity index is 987. The van der Waals surface area contributed by atoms with Gasteiger partial charge in [-0.05, 0) is 49.7 Å². The second kappa shape index (κ2) is 8.89. The second-order valence-corrected chi connectivity index (χ2v) is 6.98. The fraction of sp³-hybridized carbons (Fsp3) is 0.364. The molecule has 0 saturated carbocycles. The van der Waals surface area contributed by atoms with Crippen molar-refractivity contribution in [3.05, 3.63) is 70.1 Å². The molecule has 1 heterocycles. The molecular formula is C22H28N4O2. The van der Waals surface area contributed by atoms with E-state index in [1.807, 2.05) is 55.5 Å². The predicted molar refractivity (Wildman–Crippen MR) is 113 cm³/mol. The first-order valence-corrected chi connectivity index (χ1v) is 9.85. The van der Waals surface area contributed by atoms with Crippen LogP contribution in [0.25, 0.3) is 11.0 Å². The Labute approximate surface area is 165 Å². The van der Waals surface area contributed by atoms with Crippen molar-refractivity contribution in [2.24, 2.45) is 0 Å². The molecule has 1 amide bonds. The number of H-pyrrole nitrogens is 1. The third-order valence-electron chi connectivity index (χ3n) is 5.20. The molecule has 2 aromatic carbocycles. The largest absolute Gasteiger partial charge is 0.334 e. The highest BCUT2D eigenvalue weighted by Gasteiger charge is 2.17. The number of carbonyl (C=O) groups is 1. The first-order chi connectivity index (χ1) is 13.5. The molecule has 0 bridgehead atoms. The number of aromatic nitrogens is 2. The van der Waals surface area contributed by atoms with Crippen molar-refractivity contribution in [1.82, 2.24) is 19.8 Å². The van der Waals surface area contributed by atoms with Gasteiger partial charge in [0.15, 0.2) is 0 Å². The van der Waals surface area contributed by atoms with E-state index >= 15 is 0 Å². The lowest BCUT2D eigenvalue weighted by Gasteiger charge is -2.17. The molecule has 1 aromatic heterocycles. The number of fused-ring (bicyclic) bond motifs is 1. The fourth-order valence-electron chi connectivity index (χ4n) is 3.41. The van der Waals surface area contributed by atoms with Crippen LogP contribution in [0.3, 0.4) is 0 Å². The number of benzene rings is 2. The Morgan fingerprint density at radius 2 is 1.86 bits per heavy atom. The molecular weight excluding hydrogens is 352 g/mol. The van der Waals surface area contributed by atoms with E-state index in [1.54, 1.807) is 0 Å². The number of imidazole rings is 1. The van der Waals surface area contributed by atoms with Gasteiger partial charge in [-0.3, -0.25) is 0 Å². The summed E-state index contributed by atoms with van der Waals surface area (Å²) >= 11 is 0. The van der Waals surface area contributed by atoms with Crippen LogP contribution in [0, 0.1) is 0 Å². The van der Waals surface area contributed by atoms with Crippen LogP contribution < -0.4 is 11.0 Å². The smallest absolute Gasteiger partial charge is 0.331 e. The number of nitrogens with one attached hydrogen (secondary N) is 2. The van der Waals surface area contributed by atoms with E-state index < -0.39 is 11.7 Å². The minimum atomic E-state index is -0.423. The SMILES string of the molecule is CCN(CC)CCc1ccc2[nH]c(=O)n(C(=O)NC(C)c3ccccc3)c2c1. The summed E-state index contributed by atoms with van der Waals surface area (Å²) in [7, 11) is 0. The minimum Gasteiger partial charge on any atom is -0.331 e. The van der Waals surface area contributed by atoms with E-state index in [-0.39, 0.29) is 6.04 Å². The summed E-state index contributed by atoms with van der Waals surface area (Å²) in [4.78, 5) is 30.3. The van der Waals surface area contributed by atoms with Crippen molar-refractivity contribution in [2.75, 3.05) is 19.6 Å². The van der Waals surface area contributed by atoms with E-state index in [9.17, 15) is 9.59 Å². The summed E-state index contributed by atoms with van der Waals surface area (Å²) in [5.74, 6) is 0. The molecule has 1 atom stereocenters. The van der Waals surface area contributed by atoms with Crippen molar-refractivity contribution in [2.45, 2.75) is 33.2 Å². The molecule has 28 heavy (non-hydrogen) atoms. The Kier molecular flexibility index (Phi) is 6.31. The van der Waals surface area contributed by atoms with E-state index in [4.69, 9.17) is 0 Å². The molecule has 0 aliphatic heterocycles. The zero-order valence-corrected chi connectivity index (χ0v) is 16.7. The number of carbonyl (C=O) groups excluding carboxylic acids is 1. The van der Waals surface area contributed by atoms with Crippen LogP contribution in [0.1, 0.15) is 37.9 Å². The van der Waals surface area contributed by atoms with Gasteiger partial charge >= 0.3 is 11.7 Å². The van der Waals surface area contributed by atoms with Gasteiger partial charge in [-0.25, -0.2) is 14.2 Å². The Balaban J connectivity index is 1.83. The van der Waals surface area contributed by atoms with Gasteiger partial charge in [-0.1, -0.05) is 50.2 Å². The van der Waals surface area contributed by atoms with Gasteiger partial charge < -0.3 is 15.2 Å². The molecule has 0 radical (unpaired) electrons. The van der Waals surface area contributed by atoms with E-state index in [1.165, 1.54) is 4.57 Å². The molecule has 0 aliphatic carbocycles. The number of nitrogens with zero attached hydrogens (tertiary/aromatic N) is 2. The lowest BCUT2D eigenvalue weighted by Crippen LogP contribution is -2.36. The first kappa shape index (κ1) is 19.9. The monoisotopic (exact) mass is 380 g/mol. The number of likely N-dealkylation sites (N-methyl/N-ethyl adjacent to an activating group) is 1. The van der Waals surface area contributed by atoms with E-state index in [2.05, 4.69) is 29.0 Å². The molecule has 0 spiro atoms. The summed E-state index contributed by atoms with van der Waals surface area (Å²) in [6.07, 6.45) is 0.874. The van der Waals surface area contributed by atoms with E-state index in [0.29, 0.717) is 11.0 Å². The zero-order valence-electron chi connectivity index (χ0n) is 16.7. The lowest BCUT2D eigenvalue weighted by molar-refractivity contribution is 0.239. The molecule has 2 N–H and O–H groups in total. The number of amides is 1. The lowest BCUT2D eigenvalue weighted by atomic mass is 10.1. The topological polar surface area (TPSA) is 70.1 Å². The average molecular weight is 380 g/mol. The molecule has 3 rings (SSSR count). The summed E-state index contributed by atoms with van der Waals surface area (Å²) in [5, 5.41) is 2.92. The molecule has 3 aromatic rings. The van der Waals surface area contributed by atoms with Gasteiger partial charge in [0, 0.05) is 6.54 Å². The molecule has 6 nitrogen and oxygen atoms in total. The van der Waals surface area contributed by atoms with E-state index in [0.717, 1.165) is 37.2 Å². The van der Waals surface area contributed by atoms with Crippen molar-refractivity contribution < 1.29 is 4.79 Å². The molecule has 1 unspecified atom stereocenters. The maximum Gasteiger partial charge on any atom is 0.334 e. The van der Waals surface area contributed by atoms with Crippen LogP contribution in [0.5, 0.6) is 0 Å². The highest BCUT2D eigenvalue weighted by molar-refractivity contribution is 5.89. The quantitative estimate of drug-likeness (QED) is 0.659. The van der Waals surface area contributed by atoms with Crippen molar-refractivity contribution in [3.63, 3.8) is 0 Å². The molecule has 148 valence electrons. The van der Waals surface area contributed by atoms with Crippen LogP contribution in [-0.4, -0.2) is 40.1 Å². The Morgan fingerprint density at radius 3 is 2.54 bits per heavy atom. The summed E-state index contributed by atoms with van der Waals surface area (Å²) < 4.78 is 1.19. The maximum absolute atomic E-state index is 12.8. The minimum absolute atomic E-state index is 0.198. The van der Waals surface area contributed by atoms with Gasteiger partial charge in [0.2, 0.25) is 0 Å². The molecule has 6 heteroatoms. The highest BCUT2D eigenvalue weighted by Crippen LogP contribution is 2.16. The third-order valence-corrected chi connectivity index (χ3v) is 5.20. The normalized spacial score (nSPS) is 12.4. The van der Waals surface area contributed by atoms with Gasteiger partial charge in [-0.15, -0.1) is 0 Å². The van der Waals surface area contributed by atoms with Gasteiger partial charge in [-0.2, -0.15) is 0 Å². The summed E-state index contributed by atoms with van der Waals surface area (Å²) in [6.45, 7) is 9.16. The molecule has 0 aliphatic rings. The first-order valence-electron chi connectivity index (χ1n) is 9.85. The highest BCUT2D eigenvalue weighted by atomic mass is 16.2. The third kappa shape index (κ3) is 4.34. The summed E-state index contributed by atoms with van der Waals surface area (Å²) in [6, 6.07) is 14.9. The van der Waals surface area contributed by atoms with Gasteiger partial charge in [0.1, 0.15) is 0 Å². The van der Waals surface area contributed by atoms with Crippen molar-refractivity contribution in [1.29, 1.82) is 0 Å². The standard InChI is InChI=1S/C22H28N4O2/c1-4-25(5-2)14-13-17-11-12-19-20(15-17)26(22(28)24-19)21(27)23-16(3)18-9-7-6-8-10-18/h6-12,15-16H,4-5,13-14H2,1-3H3,(H,23,27)(H,24,28). The van der Waals surface area contributed by atoms with Crippen LogP contribution >= 0.6 is 0 Å². The number of aromatic amines is 1. The Morgan fingerprint density at radius 1 is 1.14 bits per heavy atom.